The lowest BCUT2D eigenvalue weighted by Crippen LogP contribution is -2.32. The molecule has 1 N–H and O–H groups in total. The Kier molecular flexibility index (Phi) is 3.33. The quantitative estimate of drug-likeness (QED) is 0.878. The van der Waals surface area contributed by atoms with Crippen molar-refractivity contribution in [3.05, 3.63) is 22.4 Å². The number of β-amino-alcohol motifs (C(OH)–C–C–N with tert-alkyl or cyclic N) is 1. The van der Waals surface area contributed by atoms with Crippen LogP contribution in [0.4, 0.5) is 0 Å². The van der Waals surface area contributed by atoms with Crippen molar-refractivity contribution >= 4 is 29.0 Å². The molecule has 15 heavy (non-hydrogen) atoms. The van der Waals surface area contributed by atoms with Gasteiger partial charge in [-0.1, -0.05) is 6.07 Å². The van der Waals surface area contributed by atoms with Gasteiger partial charge in [-0.15, -0.1) is 23.1 Å². The van der Waals surface area contributed by atoms with Gasteiger partial charge in [-0.3, -0.25) is 4.79 Å². The Bertz CT molecular complexity index is 339. The molecule has 2 unspecified atom stereocenters. The van der Waals surface area contributed by atoms with Gasteiger partial charge in [0.15, 0.2) is 0 Å². The fourth-order valence-corrected chi connectivity index (χ4v) is 3.92. The van der Waals surface area contributed by atoms with Gasteiger partial charge < -0.3 is 10.0 Å². The van der Waals surface area contributed by atoms with Crippen molar-refractivity contribution in [1.29, 1.82) is 0 Å². The fourth-order valence-electron chi connectivity index (χ4n) is 1.66. The summed E-state index contributed by atoms with van der Waals surface area (Å²) in [6.45, 7) is 2.38. The summed E-state index contributed by atoms with van der Waals surface area (Å²) >= 11 is 3.31. The molecule has 3 nitrogen and oxygen atoms in total. The van der Waals surface area contributed by atoms with E-state index in [1.165, 1.54) is 4.88 Å². The number of thiophene rings is 1. The third kappa shape index (κ3) is 2.04. The minimum Gasteiger partial charge on any atom is -0.395 e. The van der Waals surface area contributed by atoms with Gasteiger partial charge >= 0.3 is 0 Å². The molecule has 2 heterocycles. The maximum atomic E-state index is 11.8. The monoisotopic (exact) mass is 243 g/mol. The molecule has 1 aliphatic heterocycles. The van der Waals surface area contributed by atoms with Gasteiger partial charge in [-0.2, -0.15) is 0 Å². The zero-order chi connectivity index (χ0) is 10.8. The first kappa shape index (κ1) is 11.0. The molecule has 0 spiro atoms. The van der Waals surface area contributed by atoms with Crippen molar-refractivity contribution in [2.24, 2.45) is 0 Å². The normalized spacial score (nSPS) is 26.3. The molecule has 1 fully saturated rings. The lowest BCUT2D eigenvalue weighted by atomic mass is 10.3. The second-order valence-electron chi connectivity index (χ2n) is 3.40. The largest absolute Gasteiger partial charge is 0.395 e. The maximum Gasteiger partial charge on any atom is 0.236 e. The summed E-state index contributed by atoms with van der Waals surface area (Å²) in [5, 5.41) is 11.1. The van der Waals surface area contributed by atoms with Crippen LogP contribution in [0, 0.1) is 0 Å². The van der Waals surface area contributed by atoms with Crippen molar-refractivity contribution < 1.29 is 9.90 Å². The van der Waals surface area contributed by atoms with Crippen molar-refractivity contribution in [2.75, 3.05) is 13.2 Å². The molecule has 1 saturated heterocycles. The van der Waals surface area contributed by atoms with Gasteiger partial charge in [-0.05, 0) is 18.4 Å². The van der Waals surface area contributed by atoms with Crippen LogP contribution in [-0.4, -0.2) is 34.3 Å². The molecule has 1 aromatic heterocycles. The number of aliphatic hydroxyl groups is 1. The number of amides is 1. The number of carbonyl (C=O) groups excluding carboxylic acids is 1. The molecule has 0 saturated carbocycles. The second-order valence-corrected chi connectivity index (χ2v) is 5.81. The average molecular weight is 243 g/mol. The molecule has 2 rings (SSSR count). The number of rotatable bonds is 3. The zero-order valence-corrected chi connectivity index (χ0v) is 10.1. The highest BCUT2D eigenvalue weighted by Crippen LogP contribution is 2.43. The van der Waals surface area contributed by atoms with Gasteiger partial charge in [0.2, 0.25) is 5.91 Å². The van der Waals surface area contributed by atoms with Crippen LogP contribution in [0.15, 0.2) is 17.5 Å². The van der Waals surface area contributed by atoms with Gasteiger partial charge in [0, 0.05) is 11.4 Å². The van der Waals surface area contributed by atoms with E-state index in [2.05, 4.69) is 0 Å². The Labute approximate surface area is 97.1 Å². The summed E-state index contributed by atoms with van der Waals surface area (Å²) in [5.41, 5.74) is 0. The summed E-state index contributed by atoms with van der Waals surface area (Å²) in [7, 11) is 0. The van der Waals surface area contributed by atoms with Crippen LogP contribution < -0.4 is 0 Å². The van der Waals surface area contributed by atoms with Crippen molar-refractivity contribution in [1.82, 2.24) is 4.90 Å². The Morgan fingerprint density at radius 1 is 1.60 bits per heavy atom. The predicted octanol–water partition coefficient (Wildman–Crippen LogP) is 1.70. The third-order valence-corrected chi connectivity index (χ3v) is 4.82. The Morgan fingerprint density at radius 3 is 3.00 bits per heavy atom. The molecule has 0 aromatic carbocycles. The number of thioether (sulfide) groups is 1. The van der Waals surface area contributed by atoms with Crippen molar-refractivity contribution in [3.63, 3.8) is 0 Å². The standard InChI is InChI=1S/C10H13NO2S2/c1-7-9(13)11(4-5-12)10(15-7)8-3-2-6-14-8/h2-3,6-7,10,12H,4-5H2,1H3. The van der Waals surface area contributed by atoms with Crippen LogP contribution in [0.3, 0.4) is 0 Å². The van der Waals surface area contributed by atoms with E-state index in [1.54, 1.807) is 28.0 Å². The van der Waals surface area contributed by atoms with Crippen LogP contribution in [0.1, 0.15) is 17.2 Å². The molecule has 1 aromatic rings. The topological polar surface area (TPSA) is 40.5 Å². The first-order valence-electron chi connectivity index (χ1n) is 4.84. The molecule has 0 radical (unpaired) electrons. The van der Waals surface area contributed by atoms with Gasteiger partial charge in [0.25, 0.3) is 0 Å². The molecular weight excluding hydrogens is 230 g/mol. The molecule has 5 heteroatoms. The highest BCUT2D eigenvalue weighted by Gasteiger charge is 2.38. The van der Waals surface area contributed by atoms with Crippen molar-refractivity contribution in [3.8, 4) is 0 Å². The molecule has 82 valence electrons. The Balaban J connectivity index is 2.20. The van der Waals surface area contributed by atoms with Crippen LogP contribution in [0.5, 0.6) is 0 Å². The third-order valence-electron chi connectivity index (χ3n) is 2.37. The zero-order valence-electron chi connectivity index (χ0n) is 8.42. The number of aliphatic hydroxyl groups excluding tert-OH is 1. The van der Waals surface area contributed by atoms with Crippen molar-refractivity contribution in [2.45, 2.75) is 17.5 Å². The first-order valence-corrected chi connectivity index (χ1v) is 6.66. The van der Waals surface area contributed by atoms with E-state index >= 15 is 0 Å². The molecular formula is C10H13NO2S2. The summed E-state index contributed by atoms with van der Waals surface area (Å²) in [6.07, 6.45) is 0. The predicted molar refractivity (Wildman–Crippen MR) is 62.9 cm³/mol. The van der Waals surface area contributed by atoms with Crippen LogP contribution >= 0.6 is 23.1 Å². The lowest BCUT2D eigenvalue weighted by Gasteiger charge is -2.21. The van der Waals surface area contributed by atoms with E-state index in [4.69, 9.17) is 5.11 Å². The number of hydrogen-bond donors (Lipinski definition) is 1. The lowest BCUT2D eigenvalue weighted by molar-refractivity contribution is -0.130. The first-order chi connectivity index (χ1) is 7.24. The maximum absolute atomic E-state index is 11.8. The summed E-state index contributed by atoms with van der Waals surface area (Å²) < 4.78 is 0. The Hall–Kier alpha value is -0.520. The van der Waals surface area contributed by atoms with E-state index in [9.17, 15) is 4.79 Å². The molecule has 0 bridgehead atoms. The fraction of sp³-hybridized carbons (Fsp3) is 0.500. The summed E-state index contributed by atoms with van der Waals surface area (Å²) in [6, 6.07) is 4.03. The SMILES string of the molecule is CC1SC(c2cccs2)N(CCO)C1=O. The van der Waals surface area contributed by atoms with Gasteiger partial charge in [0.1, 0.15) is 5.37 Å². The van der Waals surface area contributed by atoms with Crippen LogP contribution in [0.2, 0.25) is 0 Å². The van der Waals surface area contributed by atoms with Crippen LogP contribution in [0.25, 0.3) is 0 Å². The minimum atomic E-state index is 0.00338. The van der Waals surface area contributed by atoms with Gasteiger partial charge in [-0.25, -0.2) is 0 Å². The number of hydrogen-bond acceptors (Lipinski definition) is 4. The van der Waals surface area contributed by atoms with E-state index in [1.807, 2.05) is 24.4 Å². The van der Waals surface area contributed by atoms with Gasteiger partial charge in [0.05, 0.1) is 11.9 Å². The minimum absolute atomic E-state index is 0.00338. The Morgan fingerprint density at radius 2 is 2.40 bits per heavy atom. The number of nitrogens with zero attached hydrogens (tertiary/aromatic N) is 1. The summed E-state index contributed by atoms with van der Waals surface area (Å²) in [4.78, 5) is 14.8. The highest BCUT2D eigenvalue weighted by molar-refractivity contribution is 8.01. The molecule has 1 aliphatic rings. The van der Waals surface area contributed by atoms with E-state index in [-0.39, 0.29) is 23.1 Å². The molecule has 1 amide bonds. The van der Waals surface area contributed by atoms with E-state index in [0.717, 1.165) is 0 Å². The van der Waals surface area contributed by atoms with Crippen LogP contribution in [-0.2, 0) is 4.79 Å². The smallest absolute Gasteiger partial charge is 0.236 e. The average Bonchev–Trinajstić information content (AvgIpc) is 2.81. The highest BCUT2D eigenvalue weighted by atomic mass is 32.2. The second kappa shape index (κ2) is 4.55. The molecule has 2 atom stereocenters. The summed E-state index contributed by atoms with van der Waals surface area (Å²) in [5.74, 6) is 0.132. The number of carbonyl (C=O) groups is 1. The molecule has 0 aliphatic carbocycles. The van der Waals surface area contributed by atoms with E-state index in [0.29, 0.717) is 6.54 Å². The van der Waals surface area contributed by atoms with E-state index < -0.39 is 0 Å².